The molecule has 0 amide bonds. The molecule has 3 aromatic rings. The molecule has 146 valence electrons. The van der Waals surface area contributed by atoms with Crippen molar-refractivity contribution in [2.45, 2.75) is 11.4 Å². The van der Waals surface area contributed by atoms with Gasteiger partial charge in [0.05, 0.1) is 37.0 Å². The van der Waals surface area contributed by atoms with Gasteiger partial charge in [-0.2, -0.15) is 0 Å². The van der Waals surface area contributed by atoms with Gasteiger partial charge in [-0.25, -0.2) is 13.6 Å². The van der Waals surface area contributed by atoms with Gasteiger partial charge >= 0.3 is 0 Å². The SMILES string of the molecule is COc1cc2nnc3c(c2cc1OC)N(Cc1ccc(S(N)(=O)=O)cc1)CN3. The van der Waals surface area contributed by atoms with Gasteiger partial charge in [0.2, 0.25) is 10.0 Å². The fourth-order valence-corrected chi connectivity index (χ4v) is 3.76. The number of aromatic nitrogens is 2. The number of nitrogens with two attached hydrogens (primary N) is 1. The van der Waals surface area contributed by atoms with Gasteiger partial charge in [0.25, 0.3) is 0 Å². The predicted molar refractivity (Wildman–Crippen MR) is 105 cm³/mol. The zero-order valence-corrected chi connectivity index (χ0v) is 16.2. The molecule has 0 fully saturated rings. The van der Waals surface area contributed by atoms with Crippen LogP contribution in [0.4, 0.5) is 11.5 Å². The zero-order valence-electron chi connectivity index (χ0n) is 15.3. The van der Waals surface area contributed by atoms with E-state index in [0.717, 1.165) is 16.6 Å². The van der Waals surface area contributed by atoms with Crippen molar-refractivity contribution >= 4 is 32.4 Å². The predicted octanol–water partition coefficient (Wildman–Crippen LogP) is 1.68. The van der Waals surface area contributed by atoms with Crippen LogP contribution in [0.25, 0.3) is 10.9 Å². The van der Waals surface area contributed by atoms with Crippen molar-refractivity contribution in [3.8, 4) is 11.5 Å². The molecule has 28 heavy (non-hydrogen) atoms. The second-order valence-corrected chi connectivity index (χ2v) is 7.90. The van der Waals surface area contributed by atoms with Gasteiger partial charge in [-0.3, -0.25) is 0 Å². The molecule has 1 aliphatic heterocycles. The summed E-state index contributed by atoms with van der Waals surface area (Å²) in [6.45, 7) is 1.11. The van der Waals surface area contributed by atoms with E-state index in [-0.39, 0.29) is 4.90 Å². The average molecular weight is 401 g/mol. The minimum atomic E-state index is -3.71. The molecule has 0 unspecified atom stereocenters. The Labute approximate surface area is 162 Å². The molecule has 9 nitrogen and oxygen atoms in total. The Kier molecular flexibility index (Phi) is 4.44. The van der Waals surface area contributed by atoms with Crippen LogP contribution >= 0.6 is 0 Å². The number of rotatable bonds is 5. The van der Waals surface area contributed by atoms with Crippen LogP contribution < -0.4 is 24.8 Å². The first-order valence-electron chi connectivity index (χ1n) is 8.43. The number of methoxy groups -OCH3 is 2. The summed E-state index contributed by atoms with van der Waals surface area (Å²) in [7, 11) is -0.551. The van der Waals surface area contributed by atoms with Gasteiger partial charge < -0.3 is 19.7 Å². The van der Waals surface area contributed by atoms with Gasteiger partial charge in [-0.1, -0.05) is 12.1 Å². The number of ether oxygens (including phenoxy) is 2. The summed E-state index contributed by atoms with van der Waals surface area (Å²) < 4.78 is 33.6. The van der Waals surface area contributed by atoms with E-state index in [9.17, 15) is 8.42 Å². The molecule has 0 radical (unpaired) electrons. The van der Waals surface area contributed by atoms with Crippen LogP contribution in [-0.4, -0.2) is 39.5 Å². The highest BCUT2D eigenvalue weighted by atomic mass is 32.2. The van der Waals surface area contributed by atoms with Gasteiger partial charge in [0, 0.05) is 18.0 Å². The van der Waals surface area contributed by atoms with Crippen LogP contribution in [0.1, 0.15) is 5.56 Å². The molecule has 0 bridgehead atoms. The molecule has 2 heterocycles. The highest BCUT2D eigenvalue weighted by Gasteiger charge is 2.25. The molecule has 0 saturated heterocycles. The third-order valence-electron chi connectivity index (χ3n) is 4.62. The lowest BCUT2D eigenvalue weighted by Crippen LogP contribution is -2.22. The fraction of sp³-hybridized carbons (Fsp3) is 0.222. The second kappa shape index (κ2) is 6.80. The first-order chi connectivity index (χ1) is 13.4. The van der Waals surface area contributed by atoms with Crippen LogP contribution in [0.3, 0.4) is 0 Å². The first kappa shape index (κ1) is 18.3. The average Bonchev–Trinajstić information content (AvgIpc) is 3.09. The second-order valence-electron chi connectivity index (χ2n) is 6.34. The van der Waals surface area contributed by atoms with Gasteiger partial charge in [-0.15, -0.1) is 10.2 Å². The van der Waals surface area contributed by atoms with E-state index < -0.39 is 10.0 Å². The third-order valence-corrected chi connectivity index (χ3v) is 5.55. The quantitative estimate of drug-likeness (QED) is 0.663. The minimum absolute atomic E-state index is 0.0874. The molecular formula is C18H19N5O4S. The van der Waals surface area contributed by atoms with Crippen LogP contribution in [0.2, 0.25) is 0 Å². The summed E-state index contributed by atoms with van der Waals surface area (Å²) in [5.74, 6) is 1.87. The monoisotopic (exact) mass is 401 g/mol. The van der Waals surface area contributed by atoms with Gasteiger partial charge in [-0.05, 0) is 23.8 Å². The summed E-state index contributed by atoms with van der Waals surface area (Å²) >= 11 is 0. The van der Waals surface area contributed by atoms with Crippen molar-refractivity contribution in [2.75, 3.05) is 31.1 Å². The summed E-state index contributed by atoms with van der Waals surface area (Å²) in [5, 5.41) is 17.8. The lowest BCUT2D eigenvalue weighted by Gasteiger charge is -2.20. The number of sulfonamides is 1. The lowest BCUT2D eigenvalue weighted by atomic mass is 10.1. The topological polar surface area (TPSA) is 120 Å². The molecular weight excluding hydrogens is 382 g/mol. The van der Waals surface area contributed by atoms with E-state index in [4.69, 9.17) is 14.6 Å². The molecule has 1 aromatic heterocycles. The number of nitrogens with one attached hydrogen (secondary N) is 1. The number of benzene rings is 2. The molecule has 10 heteroatoms. The lowest BCUT2D eigenvalue weighted by molar-refractivity contribution is 0.356. The molecule has 2 aromatic carbocycles. The maximum atomic E-state index is 11.4. The van der Waals surface area contributed by atoms with Crippen molar-refractivity contribution in [3.63, 3.8) is 0 Å². The highest BCUT2D eigenvalue weighted by Crippen LogP contribution is 2.41. The Balaban J connectivity index is 1.72. The Morgan fingerprint density at radius 2 is 1.79 bits per heavy atom. The number of fused-ring (bicyclic) bond motifs is 3. The van der Waals surface area contributed by atoms with Crippen LogP contribution in [0.5, 0.6) is 11.5 Å². The molecule has 0 atom stereocenters. The number of primary sulfonamides is 1. The summed E-state index contributed by atoms with van der Waals surface area (Å²) in [5.41, 5.74) is 2.53. The molecule has 0 saturated carbocycles. The summed E-state index contributed by atoms with van der Waals surface area (Å²) in [6, 6.07) is 10.2. The van der Waals surface area contributed by atoms with Gasteiger partial charge in [0.15, 0.2) is 17.3 Å². The molecule has 3 N–H and O–H groups in total. The van der Waals surface area contributed by atoms with Crippen molar-refractivity contribution in [1.29, 1.82) is 0 Å². The van der Waals surface area contributed by atoms with Crippen molar-refractivity contribution in [2.24, 2.45) is 5.14 Å². The van der Waals surface area contributed by atoms with Crippen LogP contribution in [-0.2, 0) is 16.6 Å². The molecule has 0 spiro atoms. The van der Waals surface area contributed by atoms with E-state index >= 15 is 0 Å². The maximum Gasteiger partial charge on any atom is 0.238 e. The first-order valence-corrected chi connectivity index (χ1v) is 9.98. The van der Waals surface area contributed by atoms with Crippen molar-refractivity contribution in [3.05, 3.63) is 42.0 Å². The number of hydrogen-bond donors (Lipinski definition) is 2. The van der Waals surface area contributed by atoms with E-state index in [1.807, 2.05) is 6.07 Å². The van der Waals surface area contributed by atoms with Crippen LogP contribution in [0.15, 0.2) is 41.3 Å². The third kappa shape index (κ3) is 3.16. The van der Waals surface area contributed by atoms with Gasteiger partial charge in [0.1, 0.15) is 0 Å². The minimum Gasteiger partial charge on any atom is -0.493 e. The molecule has 0 aliphatic carbocycles. The highest BCUT2D eigenvalue weighted by molar-refractivity contribution is 7.89. The fourth-order valence-electron chi connectivity index (χ4n) is 3.25. The standard InChI is InChI=1S/C18H19N5O4S/c1-26-15-7-13-14(8-16(15)27-2)21-22-18-17(13)23(10-20-18)9-11-3-5-12(6-4-11)28(19,24)25/h3-8H,9-10H2,1-2H3,(H,20,22)(H2,19,24,25). The summed E-state index contributed by atoms with van der Waals surface area (Å²) in [4.78, 5) is 2.19. The Morgan fingerprint density at radius 1 is 1.11 bits per heavy atom. The largest absolute Gasteiger partial charge is 0.493 e. The van der Waals surface area contributed by atoms with E-state index in [2.05, 4.69) is 20.4 Å². The van der Waals surface area contributed by atoms with E-state index in [1.165, 1.54) is 12.1 Å². The van der Waals surface area contributed by atoms with Crippen LogP contribution in [0, 0.1) is 0 Å². The smallest absolute Gasteiger partial charge is 0.238 e. The normalized spacial score (nSPS) is 13.3. The molecule has 1 aliphatic rings. The number of anilines is 2. The Hall–Kier alpha value is -3.11. The van der Waals surface area contributed by atoms with Crippen molar-refractivity contribution in [1.82, 2.24) is 10.2 Å². The van der Waals surface area contributed by atoms with E-state index in [0.29, 0.717) is 36.0 Å². The number of hydrogen-bond acceptors (Lipinski definition) is 8. The van der Waals surface area contributed by atoms with Crippen molar-refractivity contribution < 1.29 is 17.9 Å². The Morgan fingerprint density at radius 3 is 2.43 bits per heavy atom. The Bertz CT molecular complexity index is 1150. The number of nitrogens with zero attached hydrogens (tertiary/aromatic N) is 3. The van der Waals surface area contributed by atoms with E-state index in [1.54, 1.807) is 32.4 Å². The summed E-state index contributed by atoms with van der Waals surface area (Å²) in [6.07, 6.45) is 0. The maximum absolute atomic E-state index is 11.4. The zero-order chi connectivity index (χ0) is 19.9. The molecule has 4 rings (SSSR count).